The minimum absolute atomic E-state index is 0.165. The van der Waals surface area contributed by atoms with Crippen LogP contribution in [0.2, 0.25) is 0 Å². The molecule has 0 fully saturated rings. The predicted molar refractivity (Wildman–Crippen MR) is 129 cm³/mol. The number of hydrogen-bond donors (Lipinski definition) is 3. The van der Waals surface area contributed by atoms with Crippen molar-refractivity contribution in [3.8, 4) is 16.9 Å². The minimum atomic E-state index is -4.52. The van der Waals surface area contributed by atoms with E-state index < -0.39 is 34.4 Å². The van der Waals surface area contributed by atoms with E-state index in [9.17, 15) is 26.7 Å². The highest BCUT2D eigenvalue weighted by Gasteiger charge is 2.32. The van der Waals surface area contributed by atoms with Crippen molar-refractivity contribution < 1.29 is 31.4 Å². The van der Waals surface area contributed by atoms with E-state index in [0.29, 0.717) is 17.5 Å². The Morgan fingerprint density at radius 3 is 2.64 bits per heavy atom. The van der Waals surface area contributed by atoms with Gasteiger partial charge in [-0.2, -0.15) is 13.2 Å². The normalized spacial score (nSPS) is 14.6. The van der Waals surface area contributed by atoms with Crippen molar-refractivity contribution >= 4 is 20.9 Å². The molecule has 0 bridgehead atoms. The molecule has 0 saturated carbocycles. The van der Waals surface area contributed by atoms with E-state index in [0.717, 1.165) is 28.6 Å². The molecule has 10 heteroatoms. The summed E-state index contributed by atoms with van der Waals surface area (Å²) in [5.74, 6) is 0.182. The third-order valence-electron chi connectivity index (χ3n) is 6.25. The monoisotopic (exact) mass is 516 g/mol. The number of aliphatic hydroxyl groups is 1. The van der Waals surface area contributed by atoms with Gasteiger partial charge in [0.05, 0.1) is 18.8 Å². The molecule has 188 valence electrons. The number of aliphatic hydroxyl groups excluding tert-OH is 1. The van der Waals surface area contributed by atoms with Crippen molar-refractivity contribution in [2.75, 3.05) is 13.2 Å². The Balaban J connectivity index is 1.49. The summed E-state index contributed by atoms with van der Waals surface area (Å²) in [6, 6.07) is 14.5. The number of hydrogen-bond acceptors (Lipinski definition) is 4. The number of nitrogens with one attached hydrogen (secondary N) is 2. The van der Waals surface area contributed by atoms with Crippen molar-refractivity contribution in [3.63, 3.8) is 0 Å². The number of H-pyrrole nitrogens is 1. The Labute approximate surface area is 205 Å². The van der Waals surface area contributed by atoms with Crippen molar-refractivity contribution in [1.29, 1.82) is 0 Å². The Morgan fingerprint density at radius 2 is 1.86 bits per heavy atom. The van der Waals surface area contributed by atoms with Gasteiger partial charge in [-0.3, -0.25) is 0 Å². The molecule has 36 heavy (non-hydrogen) atoms. The first-order valence-corrected chi connectivity index (χ1v) is 12.8. The number of sulfonamides is 1. The second kappa shape index (κ2) is 9.27. The number of aromatic amines is 1. The average Bonchev–Trinajstić information content (AvgIpc) is 3.49. The van der Waals surface area contributed by atoms with E-state index in [1.165, 1.54) is 18.2 Å². The zero-order valence-corrected chi connectivity index (χ0v) is 19.8. The fourth-order valence-corrected chi connectivity index (χ4v) is 5.95. The summed E-state index contributed by atoms with van der Waals surface area (Å²) in [4.78, 5) is 2.96. The molecule has 0 spiro atoms. The zero-order chi connectivity index (χ0) is 25.5. The van der Waals surface area contributed by atoms with Gasteiger partial charge in [0.15, 0.2) is 0 Å². The van der Waals surface area contributed by atoms with Crippen LogP contribution in [0.5, 0.6) is 5.75 Å². The lowest BCUT2D eigenvalue weighted by Gasteiger charge is -2.18. The first-order chi connectivity index (χ1) is 17.2. The van der Waals surface area contributed by atoms with Gasteiger partial charge in [0, 0.05) is 29.6 Å². The van der Waals surface area contributed by atoms with Crippen LogP contribution in [0.3, 0.4) is 0 Å². The molecule has 0 radical (unpaired) electrons. The Hall–Kier alpha value is -3.34. The molecule has 0 saturated heterocycles. The van der Waals surface area contributed by atoms with Crippen molar-refractivity contribution in [3.05, 3.63) is 83.6 Å². The molecule has 1 aliphatic rings. The standard InChI is InChI=1S/C26H23F3N2O4S/c27-26(28,29)20-5-3-4-16(11-20)18-10-17-8-9-35-25(17)24(13-18)36(33,34)31-21(15-32)12-19-14-30-23-7-2-1-6-22(19)23/h1-7,10-11,13-14,21,30-32H,8-9,12,15H2/t21-/m0/s1. The van der Waals surface area contributed by atoms with Gasteiger partial charge in [0.2, 0.25) is 10.0 Å². The lowest BCUT2D eigenvalue weighted by atomic mass is 10.00. The maximum Gasteiger partial charge on any atom is 0.416 e. The molecule has 1 aliphatic heterocycles. The number of aromatic nitrogens is 1. The van der Waals surface area contributed by atoms with Crippen LogP contribution in [-0.4, -0.2) is 37.8 Å². The maximum atomic E-state index is 13.5. The average molecular weight is 517 g/mol. The first-order valence-electron chi connectivity index (χ1n) is 11.3. The van der Waals surface area contributed by atoms with Crippen molar-refractivity contribution in [2.45, 2.75) is 30.0 Å². The molecular formula is C26H23F3N2O4S. The van der Waals surface area contributed by atoms with Crippen LogP contribution in [0.25, 0.3) is 22.0 Å². The van der Waals surface area contributed by atoms with Crippen LogP contribution >= 0.6 is 0 Å². The summed E-state index contributed by atoms with van der Waals surface area (Å²) < 4.78 is 74.9. The molecule has 1 aromatic heterocycles. The number of halogens is 3. The van der Waals surface area contributed by atoms with E-state index in [1.807, 2.05) is 24.3 Å². The van der Waals surface area contributed by atoms with Gasteiger partial charge in [-0.25, -0.2) is 13.1 Å². The number of fused-ring (bicyclic) bond motifs is 2. The molecule has 3 N–H and O–H groups in total. The summed E-state index contributed by atoms with van der Waals surface area (Å²) in [5, 5.41) is 10.9. The second-order valence-electron chi connectivity index (χ2n) is 8.70. The molecule has 4 aromatic rings. The molecule has 0 unspecified atom stereocenters. The minimum Gasteiger partial charge on any atom is -0.492 e. The summed E-state index contributed by atoms with van der Waals surface area (Å²) in [7, 11) is -4.19. The molecule has 1 atom stereocenters. The zero-order valence-electron chi connectivity index (χ0n) is 19.0. The molecule has 2 heterocycles. The third kappa shape index (κ3) is 4.71. The highest BCUT2D eigenvalue weighted by Crippen LogP contribution is 2.39. The van der Waals surface area contributed by atoms with Gasteiger partial charge in [0.1, 0.15) is 10.6 Å². The lowest BCUT2D eigenvalue weighted by Crippen LogP contribution is -2.39. The summed E-state index contributed by atoms with van der Waals surface area (Å²) >= 11 is 0. The molecule has 0 amide bonds. The molecule has 0 aliphatic carbocycles. The Kier molecular flexibility index (Phi) is 6.27. The molecule has 6 nitrogen and oxygen atoms in total. The SMILES string of the molecule is O=S(=O)(N[C@H](CO)Cc1c[nH]c2ccccc12)c1cc(-c2cccc(C(F)(F)F)c2)cc2c1OCC2. The van der Waals surface area contributed by atoms with Gasteiger partial charge in [0.25, 0.3) is 0 Å². The predicted octanol–water partition coefficient (Wildman–Crippen LogP) is 4.67. The van der Waals surface area contributed by atoms with Gasteiger partial charge >= 0.3 is 6.18 Å². The quantitative estimate of drug-likeness (QED) is 0.333. The maximum absolute atomic E-state index is 13.5. The number of benzene rings is 3. The largest absolute Gasteiger partial charge is 0.492 e. The van der Waals surface area contributed by atoms with E-state index in [4.69, 9.17) is 4.74 Å². The van der Waals surface area contributed by atoms with Gasteiger partial charge in [-0.1, -0.05) is 30.3 Å². The highest BCUT2D eigenvalue weighted by molar-refractivity contribution is 7.89. The van der Waals surface area contributed by atoms with E-state index in [-0.39, 0.29) is 29.2 Å². The summed E-state index contributed by atoms with van der Waals surface area (Å²) in [6.45, 7) is -0.183. The lowest BCUT2D eigenvalue weighted by molar-refractivity contribution is -0.137. The van der Waals surface area contributed by atoms with Crippen molar-refractivity contribution in [2.24, 2.45) is 0 Å². The highest BCUT2D eigenvalue weighted by atomic mass is 32.2. The molecular weight excluding hydrogens is 493 g/mol. The number of alkyl halides is 3. The van der Waals surface area contributed by atoms with Crippen LogP contribution < -0.4 is 9.46 Å². The molecule has 3 aromatic carbocycles. The van der Waals surface area contributed by atoms with Crippen LogP contribution in [-0.2, 0) is 29.0 Å². The summed E-state index contributed by atoms with van der Waals surface area (Å²) in [6.07, 6.45) is -2.08. The van der Waals surface area contributed by atoms with Crippen LogP contribution in [0.15, 0.2) is 71.8 Å². The van der Waals surface area contributed by atoms with E-state index in [2.05, 4.69) is 9.71 Å². The first kappa shape index (κ1) is 24.4. The van der Waals surface area contributed by atoms with Gasteiger partial charge in [-0.15, -0.1) is 0 Å². The number of para-hydroxylation sites is 1. The number of rotatable bonds is 7. The van der Waals surface area contributed by atoms with E-state index in [1.54, 1.807) is 12.3 Å². The van der Waals surface area contributed by atoms with Crippen LogP contribution in [0.4, 0.5) is 13.2 Å². The van der Waals surface area contributed by atoms with Crippen LogP contribution in [0.1, 0.15) is 16.7 Å². The number of ether oxygens (including phenoxy) is 1. The van der Waals surface area contributed by atoms with Gasteiger partial charge < -0.3 is 14.8 Å². The third-order valence-corrected chi connectivity index (χ3v) is 7.77. The fraction of sp³-hybridized carbons (Fsp3) is 0.231. The Bertz CT molecular complexity index is 1530. The molecule has 5 rings (SSSR count). The summed E-state index contributed by atoms with van der Waals surface area (Å²) in [5.41, 5.74) is 2.09. The smallest absolute Gasteiger partial charge is 0.416 e. The van der Waals surface area contributed by atoms with Crippen LogP contribution in [0, 0.1) is 0 Å². The fourth-order valence-electron chi connectivity index (χ4n) is 4.51. The van der Waals surface area contributed by atoms with Crippen molar-refractivity contribution in [1.82, 2.24) is 9.71 Å². The second-order valence-corrected chi connectivity index (χ2v) is 10.4. The Morgan fingerprint density at radius 1 is 1.06 bits per heavy atom. The topological polar surface area (TPSA) is 91.4 Å². The van der Waals surface area contributed by atoms with Gasteiger partial charge in [-0.05, 0) is 59.0 Å². The van der Waals surface area contributed by atoms with E-state index >= 15 is 0 Å².